The highest BCUT2D eigenvalue weighted by atomic mass is 32.2. The number of ether oxygens (including phenoxy) is 1. The summed E-state index contributed by atoms with van der Waals surface area (Å²) in [4.78, 5) is 28.1. The number of Topliss-reactive ketones (excluding diaryl/α,β-unsaturated/α-hetero) is 1. The zero-order valence-corrected chi connectivity index (χ0v) is 24.0. The SMILES string of the molecule is CCCCCOc1ccc(C2/C(=C(/O)c3ccccc3)C(=O)C(=O)N2c2nnc(SCc3ccccc3F)s2)cc1. The van der Waals surface area contributed by atoms with Crippen LogP contribution < -0.4 is 9.64 Å². The van der Waals surface area contributed by atoms with E-state index in [2.05, 4.69) is 17.1 Å². The van der Waals surface area contributed by atoms with Crippen molar-refractivity contribution in [2.45, 2.75) is 42.3 Å². The monoisotopic (exact) mass is 589 g/mol. The lowest BCUT2D eigenvalue weighted by Crippen LogP contribution is -2.29. The molecule has 1 atom stereocenters. The maximum Gasteiger partial charge on any atom is 0.301 e. The lowest BCUT2D eigenvalue weighted by molar-refractivity contribution is -0.132. The van der Waals surface area contributed by atoms with Gasteiger partial charge in [-0.15, -0.1) is 10.2 Å². The first-order valence-electron chi connectivity index (χ1n) is 13.3. The summed E-state index contributed by atoms with van der Waals surface area (Å²) in [6.07, 6.45) is 3.12. The molecule has 7 nitrogen and oxygen atoms in total. The number of anilines is 1. The normalized spacial score (nSPS) is 16.3. The van der Waals surface area contributed by atoms with E-state index in [0.717, 1.165) is 30.6 Å². The molecule has 1 aromatic heterocycles. The number of benzene rings is 3. The molecule has 1 aliphatic heterocycles. The third kappa shape index (κ3) is 6.34. The molecule has 3 aromatic carbocycles. The predicted molar refractivity (Wildman–Crippen MR) is 159 cm³/mol. The van der Waals surface area contributed by atoms with Gasteiger partial charge in [-0.05, 0) is 35.7 Å². The smallest absolute Gasteiger partial charge is 0.301 e. The van der Waals surface area contributed by atoms with Gasteiger partial charge in [0.2, 0.25) is 5.13 Å². The van der Waals surface area contributed by atoms with E-state index in [-0.39, 0.29) is 22.3 Å². The van der Waals surface area contributed by atoms with E-state index in [4.69, 9.17) is 4.74 Å². The second-order valence-corrected chi connectivity index (χ2v) is 11.6. The summed E-state index contributed by atoms with van der Waals surface area (Å²) < 4.78 is 20.4. The quantitative estimate of drug-likeness (QED) is 0.0495. The van der Waals surface area contributed by atoms with Crippen molar-refractivity contribution in [3.05, 3.63) is 107 Å². The van der Waals surface area contributed by atoms with E-state index in [1.807, 2.05) is 0 Å². The van der Waals surface area contributed by atoms with Gasteiger partial charge in [-0.25, -0.2) is 4.39 Å². The molecule has 2 heterocycles. The second kappa shape index (κ2) is 13.1. The van der Waals surface area contributed by atoms with E-state index in [1.165, 1.54) is 22.7 Å². The molecule has 41 heavy (non-hydrogen) atoms. The molecular formula is C31H28FN3O4S2. The van der Waals surface area contributed by atoms with Gasteiger partial charge in [0, 0.05) is 11.3 Å². The summed E-state index contributed by atoms with van der Waals surface area (Å²) in [6.45, 7) is 2.72. The van der Waals surface area contributed by atoms with E-state index in [0.29, 0.717) is 39.1 Å². The van der Waals surface area contributed by atoms with Crippen molar-refractivity contribution in [2.75, 3.05) is 11.5 Å². The van der Waals surface area contributed by atoms with Crippen LogP contribution in [0.25, 0.3) is 5.76 Å². The van der Waals surface area contributed by atoms with Gasteiger partial charge in [-0.2, -0.15) is 0 Å². The van der Waals surface area contributed by atoms with Crippen molar-refractivity contribution >= 4 is 45.7 Å². The third-order valence-electron chi connectivity index (χ3n) is 6.61. The Balaban J connectivity index is 1.48. The van der Waals surface area contributed by atoms with Crippen LogP contribution in [0.3, 0.4) is 0 Å². The van der Waals surface area contributed by atoms with Gasteiger partial charge < -0.3 is 9.84 Å². The number of aromatic nitrogens is 2. The number of hydrogen-bond donors (Lipinski definition) is 1. The molecule has 0 spiro atoms. The first kappa shape index (κ1) is 28.5. The fourth-order valence-corrected chi connectivity index (χ4v) is 6.35. The third-order valence-corrected chi connectivity index (χ3v) is 8.72. The fourth-order valence-electron chi connectivity index (χ4n) is 4.50. The number of carbonyl (C=O) groups is 2. The zero-order chi connectivity index (χ0) is 28.8. The maximum atomic E-state index is 14.1. The number of hydrogen-bond acceptors (Lipinski definition) is 8. The van der Waals surface area contributed by atoms with Crippen LogP contribution in [0.1, 0.15) is 48.9 Å². The number of thioether (sulfide) groups is 1. The highest BCUT2D eigenvalue weighted by molar-refractivity contribution is 8.00. The number of carbonyl (C=O) groups excluding carboxylic acids is 2. The van der Waals surface area contributed by atoms with E-state index >= 15 is 0 Å². The molecule has 210 valence electrons. The average molecular weight is 590 g/mol. The van der Waals surface area contributed by atoms with Crippen molar-refractivity contribution in [1.82, 2.24) is 10.2 Å². The van der Waals surface area contributed by atoms with Crippen LogP contribution in [0.2, 0.25) is 0 Å². The molecule has 4 aromatic rings. The van der Waals surface area contributed by atoms with Crippen LogP contribution in [0, 0.1) is 5.82 Å². The average Bonchev–Trinajstić information content (AvgIpc) is 3.57. The maximum absolute atomic E-state index is 14.1. The van der Waals surface area contributed by atoms with Gasteiger partial charge in [0.15, 0.2) is 4.34 Å². The van der Waals surface area contributed by atoms with Crippen molar-refractivity contribution in [3.63, 3.8) is 0 Å². The lowest BCUT2D eigenvalue weighted by Gasteiger charge is -2.22. The topological polar surface area (TPSA) is 92.6 Å². The molecule has 10 heteroatoms. The molecule has 1 amide bonds. The van der Waals surface area contributed by atoms with Crippen LogP contribution in [-0.2, 0) is 15.3 Å². The van der Waals surface area contributed by atoms with Crippen molar-refractivity contribution in [1.29, 1.82) is 0 Å². The first-order chi connectivity index (χ1) is 20.0. The predicted octanol–water partition coefficient (Wildman–Crippen LogP) is 7.16. The summed E-state index contributed by atoms with van der Waals surface area (Å²) in [6, 6.07) is 21.3. The van der Waals surface area contributed by atoms with Gasteiger partial charge in [-0.3, -0.25) is 14.5 Å². The van der Waals surface area contributed by atoms with Crippen LogP contribution in [0.5, 0.6) is 5.75 Å². The summed E-state index contributed by atoms with van der Waals surface area (Å²) in [7, 11) is 0. The second-order valence-electron chi connectivity index (χ2n) is 9.39. The Morgan fingerprint density at radius 1 is 1.00 bits per heavy atom. The summed E-state index contributed by atoms with van der Waals surface area (Å²) in [5, 5.41) is 19.9. The number of nitrogens with zero attached hydrogens (tertiary/aromatic N) is 3. The largest absolute Gasteiger partial charge is 0.507 e. The molecule has 1 aliphatic rings. The molecule has 0 saturated carbocycles. The lowest BCUT2D eigenvalue weighted by atomic mass is 9.95. The van der Waals surface area contributed by atoms with E-state index in [1.54, 1.807) is 72.8 Å². The first-order valence-corrected chi connectivity index (χ1v) is 15.1. The standard InChI is InChI=1S/C31H28FN3O4S2/c1-2-3-9-18-39-23-16-14-20(15-17-23)26-25(27(36)21-10-5-4-6-11-21)28(37)29(38)35(26)30-33-34-31(41-30)40-19-22-12-7-8-13-24(22)32/h4-8,10-17,26,36H,2-3,9,18-19H2,1H3/b27-25-. The molecule has 1 N–H and O–H groups in total. The number of rotatable bonds is 11. The number of aliphatic hydroxyl groups is 1. The van der Waals surface area contributed by atoms with Gasteiger partial charge >= 0.3 is 5.91 Å². The van der Waals surface area contributed by atoms with Gasteiger partial charge in [0.05, 0.1) is 18.2 Å². The minimum atomic E-state index is -0.929. The number of amides is 1. The van der Waals surface area contributed by atoms with Crippen molar-refractivity contribution < 1.29 is 23.8 Å². The zero-order valence-electron chi connectivity index (χ0n) is 22.3. The molecule has 5 rings (SSSR count). The van der Waals surface area contributed by atoms with Crippen LogP contribution in [0.4, 0.5) is 9.52 Å². The van der Waals surface area contributed by atoms with Gasteiger partial charge in [-0.1, -0.05) is 104 Å². The highest BCUT2D eigenvalue weighted by Crippen LogP contribution is 2.44. The Bertz CT molecular complexity index is 1560. The molecule has 1 fully saturated rings. The summed E-state index contributed by atoms with van der Waals surface area (Å²) >= 11 is 2.42. The summed E-state index contributed by atoms with van der Waals surface area (Å²) in [5.41, 5.74) is 1.52. The number of halogens is 1. The number of unbranched alkanes of at least 4 members (excludes halogenated alkanes) is 2. The van der Waals surface area contributed by atoms with Crippen LogP contribution >= 0.6 is 23.1 Å². The van der Waals surface area contributed by atoms with E-state index < -0.39 is 17.7 Å². The van der Waals surface area contributed by atoms with Gasteiger partial charge in [0.25, 0.3) is 5.78 Å². The number of aliphatic hydroxyl groups excluding tert-OH is 1. The molecular weight excluding hydrogens is 561 g/mol. The van der Waals surface area contributed by atoms with Crippen molar-refractivity contribution in [2.24, 2.45) is 0 Å². The Kier molecular flexibility index (Phi) is 9.11. The van der Waals surface area contributed by atoms with Crippen LogP contribution in [0.15, 0.2) is 88.8 Å². The fraction of sp³-hybridized carbons (Fsp3) is 0.226. The highest BCUT2D eigenvalue weighted by Gasteiger charge is 2.48. The molecule has 0 bridgehead atoms. The minimum absolute atomic E-state index is 0.0337. The molecule has 0 radical (unpaired) electrons. The Hall–Kier alpha value is -4.02. The Morgan fingerprint density at radius 2 is 1.73 bits per heavy atom. The summed E-state index contributed by atoms with van der Waals surface area (Å²) in [5.74, 6) is -1.20. The molecule has 1 unspecified atom stereocenters. The van der Waals surface area contributed by atoms with Gasteiger partial charge in [0.1, 0.15) is 17.3 Å². The van der Waals surface area contributed by atoms with E-state index in [9.17, 15) is 19.1 Å². The van der Waals surface area contributed by atoms with Crippen LogP contribution in [-0.4, -0.2) is 33.6 Å². The Morgan fingerprint density at radius 3 is 2.46 bits per heavy atom. The molecule has 0 aliphatic carbocycles. The number of ketones is 1. The Labute approximate surface area is 245 Å². The van der Waals surface area contributed by atoms with Crippen molar-refractivity contribution in [3.8, 4) is 5.75 Å². The minimum Gasteiger partial charge on any atom is -0.507 e. The molecule has 1 saturated heterocycles.